The average Bonchev–Trinajstić information content (AvgIpc) is 2.39. The molecule has 0 bridgehead atoms. The fraction of sp³-hybridized carbons (Fsp3) is 0.214. The molecule has 2 rings (SSSR count). The third-order valence-corrected chi connectivity index (χ3v) is 2.99. The molecule has 0 aliphatic carbocycles. The lowest BCUT2D eigenvalue weighted by Gasteiger charge is -2.22. The zero-order chi connectivity index (χ0) is 14.7. The molecule has 1 aromatic carbocycles. The fourth-order valence-electron chi connectivity index (χ4n) is 2.03. The van der Waals surface area contributed by atoms with Crippen molar-refractivity contribution in [2.45, 2.75) is 13.8 Å². The molecule has 20 heavy (non-hydrogen) atoms. The molecule has 2 N–H and O–H groups in total. The van der Waals surface area contributed by atoms with E-state index in [4.69, 9.17) is 5.73 Å². The van der Waals surface area contributed by atoms with Crippen LogP contribution in [-0.2, 0) is 0 Å². The molecule has 0 aliphatic rings. The number of nitrogens with two attached hydrogens (primary N) is 1. The molecule has 0 unspecified atom stereocenters. The van der Waals surface area contributed by atoms with E-state index >= 15 is 0 Å². The van der Waals surface area contributed by atoms with Crippen molar-refractivity contribution in [3.63, 3.8) is 0 Å². The Bertz CT molecular complexity index is 643. The molecule has 0 amide bonds. The molecule has 104 valence electrons. The molecule has 0 fully saturated rings. The molecule has 1 heterocycles. The highest BCUT2D eigenvalue weighted by atomic mass is 16.6. The Morgan fingerprint density at radius 2 is 2.10 bits per heavy atom. The van der Waals surface area contributed by atoms with E-state index < -0.39 is 4.92 Å². The van der Waals surface area contributed by atoms with Crippen LogP contribution < -0.4 is 10.6 Å². The third kappa shape index (κ3) is 2.69. The molecule has 0 aliphatic heterocycles. The summed E-state index contributed by atoms with van der Waals surface area (Å²) in [5.74, 6) is 0.528. The van der Waals surface area contributed by atoms with Crippen molar-refractivity contribution in [2.24, 2.45) is 0 Å². The van der Waals surface area contributed by atoms with Gasteiger partial charge in [0, 0.05) is 18.3 Å². The second-order valence-corrected chi connectivity index (χ2v) is 4.41. The van der Waals surface area contributed by atoms with E-state index in [0.29, 0.717) is 12.4 Å². The second-order valence-electron chi connectivity index (χ2n) is 4.41. The van der Waals surface area contributed by atoms with Crippen molar-refractivity contribution >= 4 is 23.0 Å². The number of benzene rings is 1. The molecule has 0 radical (unpaired) electrons. The van der Waals surface area contributed by atoms with Crippen LogP contribution in [0.25, 0.3) is 0 Å². The maximum absolute atomic E-state index is 10.8. The molecule has 0 saturated carbocycles. The van der Waals surface area contributed by atoms with Crippen molar-refractivity contribution < 1.29 is 4.92 Å². The van der Waals surface area contributed by atoms with Gasteiger partial charge in [0.05, 0.1) is 4.92 Å². The van der Waals surface area contributed by atoms with E-state index in [1.807, 2.05) is 43.0 Å². The van der Waals surface area contributed by atoms with Crippen molar-refractivity contribution in [1.82, 2.24) is 4.98 Å². The number of anilines is 3. The molecule has 6 heteroatoms. The Labute approximate surface area is 117 Å². The topological polar surface area (TPSA) is 85.3 Å². The van der Waals surface area contributed by atoms with Gasteiger partial charge in [0.25, 0.3) is 0 Å². The number of rotatable bonds is 4. The Morgan fingerprint density at radius 3 is 2.65 bits per heavy atom. The normalized spacial score (nSPS) is 10.3. The van der Waals surface area contributed by atoms with Crippen LogP contribution in [0.3, 0.4) is 0 Å². The number of hydrogen-bond acceptors (Lipinski definition) is 5. The minimum Gasteiger partial charge on any atom is -0.378 e. The first kappa shape index (κ1) is 13.8. The Kier molecular flexibility index (Phi) is 3.84. The predicted octanol–water partition coefficient (Wildman–Crippen LogP) is 3.04. The van der Waals surface area contributed by atoms with Gasteiger partial charge in [-0.2, -0.15) is 0 Å². The third-order valence-electron chi connectivity index (χ3n) is 2.99. The van der Waals surface area contributed by atoms with Crippen molar-refractivity contribution in [2.75, 3.05) is 17.2 Å². The smallest absolute Gasteiger partial charge is 0.311 e. The van der Waals surface area contributed by atoms with Gasteiger partial charge < -0.3 is 10.6 Å². The summed E-state index contributed by atoms with van der Waals surface area (Å²) < 4.78 is 0. The van der Waals surface area contributed by atoms with Crippen LogP contribution in [0, 0.1) is 17.0 Å². The number of nitrogen functional groups attached to an aromatic ring is 1. The van der Waals surface area contributed by atoms with Gasteiger partial charge in [-0.15, -0.1) is 0 Å². The minimum absolute atomic E-state index is 0.0707. The number of nitro groups is 1. The van der Waals surface area contributed by atoms with E-state index in [2.05, 4.69) is 4.98 Å². The van der Waals surface area contributed by atoms with Crippen LogP contribution in [0.15, 0.2) is 36.4 Å². The number of hydrogen-bond donors (Lipinski definition) is 1. The van der Waals surface area contributed by atoms with Crippen LogP contribution in [0.5, 0.6) is 0 Å². The van der Waals surface area contributed by atoms with E-state index in [0.717, 1.165) is 11.3 Å². The summed E-state index contributed by atoms with van der Waals surface area (Å²) in [6, 6.07) is 11.0. The molecule has 1 aromatic heterocycles. The lowest BCUT2D eigenvalue weighted by Crippen LogP contribution is -2.18. The van der Waals surface area contributed by atoms with Crippen LogP contribution in [0.2, 0.25) is 0 Å². The van der Waals surface area contributed by atoms with Gasteiger partial charge in [-0.1, -0.05) is 12.1 Å². The second kappa shape index (κ2) is 5.56. The molecule has 6 nitrogen and oxygen atoms in total. The first-order chi connectivity index (χ1) is 9.52. The molecule has 0 atom stereocenters. The van der Waals surface area contributed by atoms with Gasteiger partial charge in [-0.3, -0.25) is 10.1 Å². The summed E-state index contributed by atoms with van der Waals surface area (Å²) in [5, 5.41) is 10.8. The predicted molar refractivity (Wildman–Crippen MR) is 79.2 cm³/mol. The number of nitrogens with zero attached hydrogens (tertiary/aromatic N) is 3. The van der Waals surface area contributed by atoms with Crippen molar-refractivity contribution in [3.8, 4) is 0 Å². The summed E-state index contributed by atoms with van der Waals surface area (Å²) in [6.45, 7) is 4.68. The summed E-state index contributed by atoms with van der Waals surface area (Å²) in [6.07, 6.45) is 0. The minimum atomic E-state index is -0.533. The summed E-state index contributed by atoms with van der Waals surface area (Å²) in [5.41, 5.74) is 7.59. The van der Waals surface area contributed by atoms with Gasteiger partial charge in [-0.05, 0) is 37.6 Å². The highest BCUT2D eigenvalue weighted by molar-refractivity contribution is 5.65. The summed E-state index contributed by atoms with van der Waals surface area (Å²) >= 11 is 0. The van der Waals surface area contributed by atoms with Gasteiger partial charge in [0.15, 0.2) is 0 Å². The van der Waals surface area contributed by atoms with Crippen LogP contribution >= 0.6 is 0 Å². The van der Waals surface area contributed by atoms with Crippen molar-refractivity contribution in [3.05, 3.63) is 52.1 Å². The molecule has 0 spiro atoms. The largest absolute Gasteiger partial charge is 0.378 e. The van der Waals surface area contributed by atoms with E-state index in [1.54, 1.807) is 6.07 Å². The fourth-order valence-corrected chi connectivity index (χ4v) is 2.03. The zero-order valence-electron chi connectivity index (χ0n) is 11.4. The molecule has 0 saturated heterocycles. The number of pyridine rings is 1. The lowest BCUT2D eigenvalue weighted by molar-refractivity contribution is -0.384. The van der Waals surface area contributed by atoms with Gasteiger partial charge >= 0.3 is 5.69 Å². The molecular weight excluding hydrogens is 256 g/mol. The maximum atomic E-state index is 10.8. The van der Waals surface area contributed by atoms with Crippen LogP contribution in [0.1, 0.15) is 12.5 Å². The highest BCUT2D eigenvalue weighted by Gasteiger charge is 2.16. The Morgan fingerprint density at radius 1 is 1.35 bits per heavy atom. The Balaban J connectivity index is 2.42. The summed E-state index contributed by atoms with van der Waals surface area (Å²) in [7, 11) is 0. The van der Waals surface area contributed by atoms with Gasteiger partial charge in [-0.25, -0.2) is 4.98 Å². The number of aromatic nitrogens is 1. The first-order valence-electron chi connectivity index (χ1n) is 6.28. The zero-order valence-corrected chi connectivity index (χ0v) is 11.4. The van der Waals surface area contributed by atoms with E-state index in [1.165, 1.54) is 6.07 Å². The van der Waals surface area contributed by atoms with Gasteiger partial charge in [0.1, 0.15) is 5.82 Å². The lowest BCUT2D eigenvalue weighted by atomic mass is 10.2. The SMILES string of the molecule is CCN(c1cccc(C)c1)c1ccc([N+](=O)[O-])c(N)n1. The molecular formula is C14H16N4O2. The highest BCUT2D eigenvalue weighted by Crippen LogP contribution is 2.28. The maximum Gasteiger partial charge on any atom is 0.311 e. The first-order valence-corrected chi connectivity index (χ1v) is 6.28. The number of aryl methyl sites for hydroxylation is 1. The quantitative estimate of drug-likeness (QED) is 0.683. The van der Waals surface area contributed by atoms with Crippen LogP contribution in [0.4, 0.5) is 23.0 Å². The molecule has 2 aromatic rings. The van der Waals surface area contributed by atoms with Crippen molar-refractivity contribution in [1.29, 1.82) is 0 Å². The van der Waals surface area contributed by atoms with E-state index in [9.17, 15) is 10.1 Å². The van der Waals surface area contributed by atoms with E-state index in [-0.39, 0.29) is 11.5 Å². The Hall–Kier alpha value is -2.63. The summed E-state index contributed by atoms with van der Waals surface area (Å²) in [4.78, 5) is 16.3. The average molecular weight is 272 g/mol. The monoisotopic (exact) mass is 272 g/mol. The standard InChI is InChI=1S/C14H16N4O2/c1-3-17(11-6-4-5-10(2)9-11)13-8-7-12(18(19)20)14(15)16-13/h4-9H,3H2,1-2H3,(H2,15,16). The van der Waals surface area contributed by atoms with Crippen LogP contribution in [-0.4, -0.2) is 16.5 Å². The van der Waals surface area contributed by atoms with Gasteiger partial charge in [0.2, 0.25) is 5.82 Å².